The van der Waals surface area contributed by atoms with Crippen LogP contribution in [-0.2, 0) is 17.8 Å². The van der Waals surface area contributed by atoms with E-state index in [1.54, 1.807) is 41.0 Å². The van der Waals surface area contributed by atoms with Gasteiger partial charge >= 0.3 is 0 Å². The molecule has 1 heterocycles. The van der Waals surface area contributed by atoms with Crippen molar-refractivity contribution in [2.24, 2.45) is 0 Å². The lowest BCUT2D eigenvalue weighted by atomic mass is 10.1. The number of carbonyl (C=O) groups excluding carboxylic acids is 1. The zero-order chi connectivity index (χ0) is 19.4. The standard InChI is InChI=1S/C20H16Cl2N4O/c21-14-4-6-16(7-5-14)25-20(27)12-26-17(11-23)10-18(24)19(26)9-13-2-1-3-15(22)8-13/h1-8,10H,9,12,24H2,(H,25,27). The van der Waals surface area contributed by atoms with Crippen LogP contribution in [0.15, 0.2) is 54.6 Å². The number of nitriles is 1. The van der Waals surface area contributed by atoms with E-state index in [0.717, 1.165) is 5.56 Å². The number of rotatable bonds is 5. The van der Waals surface area contributed by atoms with Crippen LogP contribution in [0.3, 0.4) is 0 Å². The fourth-order valence-corrected chi connectivity index (χ4v) is 3.14. The Hall–Kier alpha value is -2.94. The van der Waals surface area contributed by atoms with Crippen molar-refractivity contribution in [2.75, 3.05) is 11.1 Å². The van der Waals surface area contributed by atoms with Gasteiger partial charge in [0.25, 0.3) is 0 Å². The number of amides is 1. The van der Waals surface area contributed by atoms with Crippen molar-refractivity contribution in [3.05, 3.63) is 81.6 Å². The lowest BCUT2D eigenvalue weighted by molar-refractivity contribution is -0.116. The summed E-state index contributed by atoms with van der Waals surface area (Å²) in [5.41, 5.74) is 9.15. The maximum atomic E-state index is 12.5. The minimum absolute atomic E-state index is 0.0291. The highest BCUT2D eigenvalue weighted by molar-refractivity contribution is 6.30. The van der Waals surface area contributed by atoms with Crippen LogP contribution < -0.4 is 11.1 Å². The van der Waals surface area contributed by atoms with E-state index in [4.69, 9.17) is 28.9 Å². The van der Waals surface area contributed by atoms with Gasteiger partial charge in [-0.15, -0.1) is 0 Å². The molecule has 0 aliphatic rings. The Morgan fingerprint density at radius 1 is 1.11 bits per heavy atom. The molecule has 0 fully saturated rings. The number of nitrogens with zero attached hydrogens (tertiary/aromatic N) is 2. The van der Waals surface area contributed by atoms with Crippen LogP contribution in [0, 0.1) is 11.3 Å². The second-order valence-electron chi connectivity index (χ2n) is 5.99. The number of aromatic nitrogens is 1. The lowest BCUT2D eigenvalue weighted by Crippen LogP contribution is -2.21. The van der Waals surface area contributed by atoms with E-state index in [0.29, 0.717) is 39.2 Å². The van der Waals surface area contributed by atoms with Crippen LogP contribution in [0.5, 0.6) is 0 Å². The third kappa shape index (κ3) is 4.62. The van der Waals surface area contributed by atoms with Crippen molar-refractivity contribution in [3.8, 4) is 6.07 Å². The van der Waals surface area contributed by atoms with Gasteiger partial charge in [0.15, 0.2) is 0 Å². The summed E-state index contributed by atoms with van der Waals surface area (Å²) in [4.78, 5) is 12.5. The molecular formula is C20H16Cl2N4O. The zero-order valence-corrected chi connectivity index (χ0v) is 15.8. The molecule has 0 atom stereocenters. The van der Waals surface area contributed by atoms with Gasteiger partial charge in [-0.05, 0) is 48.0 Å². The predicted octanol–water partition coefficient (Wildman–Crippen LogP) is 4.48. The second-order valence-corrected chi connectivity index (χ2v) is 6.86. The minimum atomic E-state index is -0.267. The molecule has 27 heavy (non-hydrogen) atoms. The Morgan fingerprint density at radius 2 is 1.85 bits per heavy atom. The van der Waals surface area contributed by atoms with Crippen LogP contribution in [0.25, 0.3) is 0 Å². The van der Waals surface area contributed by atoms with Crippen molar-refractivity contribution in [2.45, 2.75) is 13.0 Å². The summed E-state index contributed by atoms with van der Waals surface area (Å²) >= 11 is 11.9. The van der Waals surface area contributed by atoms with Gasteiger partial charge in [0.05, 0.1) is 5.69 Å². The molecule has 3 aromatic rings. The number of hydrogen-bond donors (Lipinski definition) is 2. The molecule has 0 aliphatic heterocycles. The molecular weight excluding hydrogens is 383 g/mol. The van der Waals surface area contributed by atoms with Crippen molar-refractivity contribution < 1.29 is 4.79 Å². The van der Waals surface area contributed by atoms with Crippen molar-refractivity contribution >= 4 is 40.5 Å². The third-order valence-electron chi connectivity index (χ3n) is 4.05. The Morgan fingerprint density at radius 3 is 2.52 bits per heavy atom. The van der Waals surface area contributed by atoms with Crippen molar-refractivity contribution in [1.82, 2.24) is 4.57 Å². The molecule has 0 bridgehead atoms. The number of hydrogen-bond acceptors (Lipinski definition) is 3. The van der Waals surface area contributed by atoms with Gasteiger partial charge in [-0.2, -0.15) is 5.26 Å². The highest BCUT2D eigenvalue weighted by atomic mass is 35.5. The molecule has 5 nitrogen and oxygen atoms in total. The highest BCUT2D eigenvalue weighted by Crippen LogP contribution is 2.23. The molecule has 0 radical (unpaired) electrons. The van der Waals surface area contributed by atoms with E-state index in [2.05, 4.69) is 11.4 Å². The zero-order valence-electron chi connectivity index (χ0n) is 14.2. The number of nitrogen functional groups attached to an aromatic ring is 1. The van der Waals surface area contributed by atoms with E-state index in [1.165, 1.54) is 0 Å². The molecule has 3 rings (SSSR count). The van der Waals surface area contributed by atoms with Crippen LogP contribution in [-0.4, -0.2) is 10.5 Å². The van der Waals surface area contributed by atoms with Gasteiger partial charge in [0.1, 0.15) is 18.3 Å². The van der Waals surface area contributed by atoms with Gasteiger partial charge in [0, 0.05) is 27.8 Å². The van der Waals surface area contributed by atoms with E-state index in [-0.39, 0.29) is 12.5 Å². The Balaban J connectivity index is 1.84. The summed E-state index contributed by atoms with van der Waals surface area (Å²) < 4.78 is 1.63. The fourth-order valence-electron chi connectivity index (χ4n) is 2.80. The van der Waals surface area contributed by atoms with Crippen LogP contribution in [0.4, 0.5) is 11.4 Å². The Bertz CT molecular complexity index is 1020. The first kappa shape index (κ1) is 18.8. The summed E-state index contributed by atoms with van der Waals surface area (Å²) in [6.45, 7) is -0.0291. The minimum Gasteiger partial charge on any atom is -0.397 e. The number of nitrogens with two attached hydrogens (primary N) is 1. The quantitative estimate of drug-likeness (QED) is 0.664. The van der Waals surface area contributed by atoms with Crippen LogP contribution in [0.1, 0.15) is 17.0 Å². The average Bonchev–Trinajstić information content (AvgIpc) is 2.92. The van der Waals surface area contributed by atoms with E-state index >= 15 is 0 Å². The van der Waals surface area contributed by atoms with Gasteiger partial charge in [-0.25, -0.2) is 0 Å². The molecule has 0 saturated carbocycles. The molecule has 2 aromatic carbocycles. The van der Waals surface area contributed by atoms with Gasteiger partial charge in [-0.3, -0.25) is 4.79 Å². The average molecular weight is 399 g/mol. The molecule has 0 spiro atoms. The fraction of sp³-hybridized carbons (Fsp3) is 0.100. The molecule has 136 valence electrons. The summed E-state index contributed by atoms with van der Waals surface area (Å²) in [5.74, 6) is -0.267. The predicted molar refractivity (Wildman–Crippen MR) is 108 cm³/mol. The maximum absolute atomic E-state index is 12.5. The largest absolute Gasteiger partial charge is 0.397 e. The first-order chi connectivity index (χ1) is 13.0. The lowest BCUT2D eigenvalue weighted by Gasteiger charge is -2.12. The van der Waals surface area contributed by atoms with Crippen LogP contribution >= 0.6 is 23.2 Å². The van der Waals surface area contributed by atoms with Gasteiger partial charge in [-0.1, -0.05) is 35.3 Å². The summed E-state index contributed by atoms with van der Waals surface area (Å²) in [6.07, 6.45) is 0.461. The normalized spacial score (nSPS) is 10.4. The molecule has 7 heteroatoms. The van der Waals surface area contributed by atoms with E-state index < -0.39 is 0 Å². The number of anilines is 2. The number of benzene rings is 2. The molecule has 1 amide bonds. The van der Waals surface area contributed by atoms with Crippen molar-refractivity contribution in [3.63, 3.8) is 0 Å². The first-order valence-electron chi connectivity index (χ1n) is 8.14. The Labute approximate surface area is 166 Å². The second kappa shape index (κ2) is 8.17. The number of carbonyl (C=O) groups is 1. The number of halogens is 2. The summed E-state index contributed by atoms with van der Waals surface area (Å²) in [7, 11) is 0. The molecule has 1 aromatic heterocycles. The monoisotopic (exact) mass is 398 g/mol. The Kier molecular flexibility index (Phi) is 5.70. The molecule has 0 unspecified atom stereocenters. The van der Waals surface area contributed by atoms with Gasteiger partial charge < -0.3 is 15.6 Å². The van der Waals surface area contributed by atoms with Crippen LogP contribution in [0.2, 0.25) is 10.0 Å². The smallest absolute Gasteiger partial charge is 0.244 e. The SMILES string of the molecule is N#Cc1cc(N)c(Cc2cccc(Cl)c2)n1CC(=O)Nc1ccc(Cl)cc1. The van der Waals surface area contributed by atoms with E-state index in [9.17, 15) is 10.1 Å². The maximum Gasteiger partial charge on any atom is 0.244 e. The highest BCUT2D eigenvalue weighted by Gasteiger charge is 2.16. The number of nitrogens with one attached hydrogen (secondary N) is 1. The summed E-state index contributed by atoms with van der Waals surface area (Å²) in [6, 6.07) is 17.9. The van der Waals surface area contributed by atoms with E-state index in [1.807, 2.05) is 18.2 Å². The molecule has 0 aliphatic carbocycles. The van der Waals surface area contributed by atoms with Gasteiger partial charge in [0.2, 0.25) is 5.91 Å². The third-order valence-corrected chi connectivity index (χ3v) is 4.53. The molecule has 3 N–H and O–H groups in total. The topological polar surface area (TPSA) is 83.8 Å². The van der Waals surface area contributed by atoms with Crippen molar-refractivity contribution in [1.29, 1.82) is 5.26 Å². The first-order valence-corrected chi connectivity index (χ1v) is 8.89. The summed E-state index contributed by atoms with van der Waals surface area (Å²) in [5, 5.41) is 13.4. The molecule has 0 saturated heterocycles.